The standard InChI is InChI=1S/C21H13Cl2N3O4/c22-17-5-2-6-18(19(17)23)29-12-13-3-1-4-15(11-13)21-24-20(25-30-21)14-7-9-16(10-8-14)26(27)28/h1-11H,12H2. The molecule has 0 N–H and O–H groups in total. The maximum atomic E-state index is 10.8. The molecule has 0 bridgehead atoms. The molecule has 0 aliphatic rings. The first-order valence-electron chi connectivity index (χ1n) is 8.76. The van der Waals surface area contributed by atoms with Crippen LogP contribution in [0.5, 0.6) is 5.75 Å². The number of non-ortho nitro benzene ring substituents is 1. The Hall–Kier alpha value is -3.42. The summed E-state index contributed by atoms with van der Waals surface area (Å²) in [6, 6.07) is 18.6. The summed E-state index contributed by atoms with van der Waals surface area (Å²) in [6.45, 7) is 0.275. The van der Waals surface area contributed by atoms with E-state index >= 15 is 0 Å². The van der Waals surface area contributed by atoms with E-state index in [1.165, 1.54) is 12.1 Å². The van der Waals surface area contributed by atoms with Crippen LogP contribution in [-0.2, 0) is 6.61 Å². The van der Waals surface area contributed by atoms with Crippen LogP contribution in [0.3, 0.4) is 0 Å². The molecule has 4 rings (SSSR count). The second kappa shape index (κ2) is 8.52. The smallest absolute Gasteiger partial charge is 0.269 e. The van der Waals surface area contributed by atoms with E-state index in [2.05, 4.69) is 10.1 Å². The Labute approximate surface area is 181 Å². The predicted octanol–water partition coefficient (Wildman–Crippen LogP) is 6.20. The molecule has 7 nitrogen and oxygen atoms in total. The summed E-state index contributed by atoms with van der Waals surface area (Å²) in [5.41, 5.74) is 2.20. The number of nitrogens with zero attached hydrogens (tertiary/aromatic N) is 3. The number of aromatic nitrogens is 2. The lowest BCUT2D eigenvalue weighted by Gasteiger charge is -2.09. The van der Waals surface area contributed by atoms with Crippen LogP contribution in [-0.4, -0.2) is 15.1 Å². The van der Waals surface area contributed by atoms with E-state index in [0.717, 1.165) is 5.56 Å². The Morgan fingerprint density at radius 3 is 2.53 bits per heavy atom. The van der Waals surface area contributed by atoms with Crippen molar-refractivity contribution in [3.63, 3.8) is 0 Å². The maximum absolute atomic E-state index is 10.8. The molecule has 0 aliphatic heterocycles. The molecule has 0 fully saturated rings. The topological polar surface area (TPSA) is 91.3 Å². The molecular weight excluding hydrogens is 429 g/mol. The summed E-state index contributed by atoms with van der Waals surface area (Å²) in [6.07, 6.45) is 0. The highest BCUT2D eigenvalue weighted by Crippen LogP contribution is 2.32. The van der Waals surface area contributed by atoms with Crippen LogP contribution in [0.15, 0.2) is 71.3 Å². The highest BCUT2D eigenvalue weighted by molar-refractivity contribution is 6.42. The van der Waals surface area contributed by atoms with Crippen molar-refractivity contribution in [3.8, 4) is 28.6 Å². The van der Waals surface area contributed by atoms with Crippen molar-refractivity contribution in [2.75, 3.05) is 0 Å². The van der Waals surface area contributed by atoms with Crippen LogP contribution in [0.1, 0.15) is 5.56 Å². The normalized spacial score (nSPS) is 10.7. The highest BCUT2D eigenvalue weighted by atomic mass is 35.5. The zero-order chi connectivity index (χ0) is 21.1. The summed E-state index contributed by atoms with van der Waals surface area (Å²) in [4.78, 5) is 14.7. The van der Waals surface area contributed by atoms with Gasteiger partial charge in [-0.2, -0.15) is 4.98 Å². The average Bonchev–Trinajstić information content (AvgIpc) is 3.25. The van der Waals surface area contributed by atoms with Crippen molar-refractivity contribution in [1.82, 2.24) is 10.1 Å². The van der Waals surface area contributed by atoms with Gasteiger partial charge in [0.25, 0.3) is 11.6 Å². The number of hydrogen-bond acceptors (Lipinski definition) is 6. The van der Waals surface area contributed by atoms with E-state index in [9.17, 15) is 10.1 Å². The summed E-state index contributed by atoms with van der Waals surface area (Å²) in [5, 5.41) is 15.5. The molecular formula is C21H13Cl2N3O4. The van der Waals surface area contributed by atoms with Gasteiger partial charge in [0.1, 0.15) is 17.4 Å². The molecule has 30 heavy (non-hydrogen) atoms. The Morgan fingerprint density at radius 2 is 1.77 bits per heavy atom. The molecule has 3 aromatic carbocycles. The third-order valence-electron chi connectivity index (χ3n) is 4.25. The van der Waals surface area contributed by atoms with Gasteiger partial charge in [-0.3, -0.25) is 10.1 Å². The second-order valence-electron chi connectivity index (χ2n) is 6.27. The van der Waals surface area contributed by atoms with E-state index in [4.69, 9.17) is 32.5 Å². The SMILES string of the molecule is O=[N+]([O-])c1ccc(-c2noc(-c3cccc(COc4cccc(Cl)c4Cl)c3)n2)cc1. The number of nitro benzene ring substituents is 1. The van der Waals surface area contributed by atoms with Crippen molar-refractivity contribution >= 4 is 28.9 Å². The number of halogens is 2. The zero-order valence-corrected chi connectivity index (χ0v) is 16.8. The number of nitro groups is 1. The fourth-order valence-electron chi connectivity index (χ4n) is 2.74. The molecule has 4 aromatic rings. The Kier molecular flexibility index (Phi) is 5.65. The second-order valence-corrected chi connectivity index (χ2v) is 7.05. The van der Waals surface area contributed by atoms with Crippen LogP contribution < -0.4 is 4.74 Å². The molecule has 0 amide bonds. The molecule has 0 atom stereocenters. The number of rotatable bonds is 6. The Bertz CT molecular complexity index is 1210. The summed E-state index contributed by atoms with van der Waals surface area (Å²) < 4.78 is 11.1. The molecule has 1 heterocycles. The molecule has 0 spiro atoms. The molecule has 0 unspecified atom stereocenters. The van der Waals surface area contributed by atoms with Gasteiger partial charge in [0.15, 0.2) is 0 Å². The summed E-state index contributed by atoms with van der Waals surface area (Å²) in [5.74, 6) is 1.16. The first kappa shape index (κ1) is 19.9. The Balaban J connectivity index is 1.51. The van der Waals surface area contributed by atoms with Crippen molar-refractivity contribution in [2.24, 2.45) is 0 Å². The van der Waals surface area contributed by atoms with Gasteiger partial charge < -0.3 is 9.26 Å². The number of hydrogen-bond donors (Lipinski definition) is 0. The van der Waals surface area contributed by atoms with E-state index in [-0.39, 0.29) is 12.3 Å². The molecule has 150 valence electrons. The van der Waals surface area contributed by atoms with Gasteiger partial charge in [-0.15, -0.1) is 0 Å². The average molecular weight is 442 g/mol. The zero-order valence-electron chi connectivity index (χ0n) is 15.3. The third-order valence-corrected chi connectivity index (χ3v) is 5.05. The predicted molar refractivity (Wildman–Crippen MR) is 113 cm³/mol. The van der Waals surface area contributed by atoms with E-state index in [1.54, 1.807) is 30.3 Å². The quantitative estimate of drug-likeness (QED) is 0.261. The minimum Gasteiger partial charge on any atom is -0.487 e. The summed E-state index contributed by atoms with van der Waals surface area (Å²) in [7, 11) is 0. The van der Waals surface area contributed by atoms with Gasteiger partial charge in [-0.25, -0.2) is 0 Å². The van der Waals surface area contributed by atoms with Crippen molar-refractivity contribution in [3.05, 3.63) is 92.5 Å². The lowest BCUT2D eigenvalue weighted by atomic mass is 10.1. The minimum absolute atomic E-state index is 0.00465. The first-order chi connectivity index (χ1) is 14.5. The van der Waals surface area contributed by atoms with Gasteiger partial charge in [0.2, 0.25) is 5.82 Å². The largest absolute Gasteiger partial charge is 0.487 e. The van der Waals surface area contributed by atoms with Crippen LogP contribution in [0, 0.1) is 10.1 Å². The van der Waals surface area contributed by atoms with E-state index < -0.39 is 4.92 Å². The van der Waals surface area contributed by atoms with Crippen LogP contribution >= 0.6 is 23.2 Å². The van der Waals surface area contributed by atoms with E-state index in [0.29, 0.717) is 38.6 Å². The molecule has 0 radical (unpaired) electrons. The lowest BCUT2D eigenvalue weighted by Crippen LogP contribution is -1.96. The number of ether oxygens (including phenoxy) is 1. The molecule has 0 saturated carbocycles. The summed E-state index contributed by atoms with van der Waals surface area (Å²) >= 11 is 12.2. The van der Waals surface area contributed by atoms with Gasteiger partial charge in [-0.1, -0.05) is 46.6 Å². The fraction of sp³-hybridized carbons (Fsp3) is 0.0476. The van der Waals surface area contributed by atoms with Crippen LogP contribution in [0.25, 0.3) is 22.8 Å². The van der Waals surface area contributed by atoms with E-state index in [1.807, 2.05) is 24.3 Å². The molecule has 0 saturated heterocycles. The molecule has 0 aliphatic carbocycles. The fourth-order valence-corrected chi connectivity index (χ4v) is 3.09. The van der Waals surface area contributed by atoms with Gasteiger partial charge in [0.05, 0.1) is 9.95 Å². The highest BCUT2D eigenvalue weighted by Gasteiger charge is 2.13. The van der Waals surface area contributed by atoms with Crippen molar-refractivity contribution in [1.29, 1.82) is 0 Å². The lowest BCUT2D eigenvalue weighted by molar-refractivity contribution is -0.384. The van der Waals surface area contributed by atoms with Crippen LogP contribution in [0.4, 0.5) is 5.69 Å². The first-order valence-corrected chi connectivity index (χ1v) is 9.51. The van der Waals surface area contributed by atoms with Gasteiger partial charge in [0, 0.05) is 23.3 Å². The van der Waals surface area contributed by atoms with Crippen molar-refractivity contribution < 1.29 is 14.2 Å². The number of benzene rings is 3. The Morgan fingerprint density at radius 1 is 1.00 bits per heavy atom. The molecule has 1 aromatic heterocycles. The molecule has 9 heteroatoms. The van der Waals surface area contributed by atoms with Crippen molar-refractivity contribution in [2.45, 2.75) is 6.61 Å². The monoisotopic (exact) mass is 441 g/mol. The van der Waals surface area contributed by atoms with Gasteiger partial charge >= 0.3 is 0 Å². The third kappa shape index (κ3) is 4.27. The van der Waals surface area contributed by atoms with Gasteiger partial charge in [-0.05, 0) is 42.0 Å². The van der Waals surface area contributed by atoms with Crippen LogP contribution in [0.2, 0.25) is 10.0 Å². The maximum Gasteiger partial charge on any atom is 0.269 e. The minimum atomic E-state index is -0.463.